The molecule has 1 N–H and O–H groups in total. The SMILES string of the molecule is COc1cccc(Cc2nc3ncc(-c4cccs4)cc3[nH]2)c1. The van der Waals surface area contributed by atoms with E-state index in [0.29, 0.717) is 0 Å². The van der Waals surface area contributed by atoms with Crippen LogP contribution in [0.4, 0.5) is 0 Å². The van der Waals surface area contributed by atoms with E-state index in [0.717, 1.165) is 40.3 Å². The van der Waals surface area contributed by atoms with Crippen LogP contribution in [0.1, 0.15) is 11.4 Å². The molecule has 0 aliphatic heterocycles. The van der Waals surface area contributed by atoms with Crippen molar-refractivity contribution in [3.8, 4) is 16.2 Å². The highest BCUT2D eigenvalue weighted by atomic mass is 32.1. The minimum absolute atomic E-state index is 0.724. The molecule has 0 atom stereocenters. The van der Waals surface area contributed by atoms with Crippen molar-refractivity contribution in [1.82, 2.24) is 15.0 Å². The monoisotopic (exact) mass is 321 g/mol. The predicted octanol–water partition coefficient (Wildman–Crippen LogP) is 4.29. The normalized spacial score (nSPS) is 11.0. The molecule has 0 saturated heterocycles. The number of H-pyrrole nitrogens is 1. The first kappa shape index (κ1) is 14.0. The minimum atomic E-state index is 0.724. The Morgan fingerprint density at radius 2 is 2.13 bits per heavy atom. The smallest absolute Gasteiger partial charge is 0.177 e. The van der Waals surface area contributed by atoms with Crippen molar-refractivity contribution in [2.75, 3.05) is 7.11 Å². The maximum Gasteiger partial charge on any atom is 0.177 e. The van der Waals surface area contributed by atoms with E-state index >= 15 is 0 Å². The number of benzene rings is 1. The Bertz CT molecular complexity index is 944. The van der Waals surface area contributed by atoms with Crippen molar-refractivity contribution in [3.05, 3.63) is 65.4 Å². The molecular formula is C18H15N3OS. The zero-order valence-corrected chi connectivity index (χ0v) is 13.4. The van der Waals surface area contributed by atoms with Crippen LogP contribution in [0.15, 0.2) is 54.0 Å². The summed E-state index contributed by atoms with van der Waals surface area (Å²) in [5.41, 5.74) is 3.99. The number of ether oxygens (including phenoxy) is 1. The number of imidazole rings is 1. The van der Waals surface area contributed by atoms with Crippen LogP contribution >= 0.6 is 11.3 Å². The van der Waals surface area contributed by atoms with Crippen LogP contribution in [0.5, 0.6) is 5.75 Å². The van der Waals surface area contributed by atoms with Gasteiger partial charge in [-0.2, -0.15) is 0 Å². The van der Waals surface area contributed by atoms with E-state index in [1.54, 1.807) is 18.4 Å². The summed E-state index contributed by atoms with van der Waals surface area (Å²) in [4.78, 5) is 13.6. The zero-order valence-electron chi connectivity index (χ0n) is 12.6. The fraction of sp³-hybridized carbons (Fsp3) is 0.111. The van der Waals surface area contributed by atoms with E-state index in [1.807, 2.05) is 30.5 Å². The number of methoxy groups -OCH3 is 1. The van der Waals surface area contributed by atoms with Crippen LogP contribution in [0.2, 0.25) is 0 Å². The molecule has 0 bridgehead atoms. The Labute approximate surface area is 137 Å². The van der Waals surface area contributed by atoms with Gasteiger partial charge >= 0.3 is 0 Å². The molecule has 0 unspecified atom stereocenters. The number of thiophene rings is 1. The second-order valence-corrected chi connectivity index (χ2v) is 6.23. The molecule has 114 valence electrons. The molecule has 0 fully saturated rings. The first-order valence-electron chi connectivity index (χ1n) is 7.33. The van der Waals surface area contributed by atoms with Crippen LogP contribution in [0.25, 0.3) is 21.6 Å². The molecule has 3 aromatic heterocycles. The lowest BCUT2D eigenvalue weighted by molar-refractivity contribution is 0.414. The van der Waals surface area contributed by atoms with Gasteiger partial charge in [0.05, 0.1) is 12.6 Å². The number of nitrogens with zero attached hydrogens (tertiary/aromatic N) is 2. The molecule has 0 saturated carbocycles. The third-order valence-corrected chi connectivity index (χ3v) is 4.62. The summed E-state index contributed by atoms with van der Waals surface area (Å²) >= 11 is 1.71. The molecule has 0 aliphatic carbocycles. The molecule has 23 heavy (non-hydrogen) atoms. The van der Waals surface area contributed by atoms with Crippen LogP contribution in [-0.2, 0) is 6.42 Å². The number of rotatable bonds is 4. The first-order valence-corrected chi connectivity index (χ1v) is 8.21. The Morgan fingerprint density at radius 3 is 2.96 bits per heavy atom. The van der Waals surface area contributed by atoms with E-state index in [2.05, 4.69) is 38.5 Å². The quantitative estimate of drug-likeness (QED) is 0.610. The average Bonchev–Trinajstić information content (AvgIpc) is 3.23. The molecule has 0 spiro atoms. The van der Waals surface area contributed by atoms with Gasteiger partial charge < -0.3 is 9.72 Å². The highest BCUT2D eigenvalue weighted by molar-refractivity contribution is 7.13. The van der Waals surface area contributed by atoms with Crippen LogP contribution in [0.3, 0.4) is 0 Å². The lowest BCUT2D eigenvalue weighted by atomic mass is 10.1. The van der Waals surface area contributed by atoms with Crippen molar-refractivity contribution in [2.45, 2.75) is 6.42 Å². The topological polar surface area (TPSA) is 50.8 Å². The average molecular weight is 321 g/mol. The van der Waals surface area contributed by atoms with Gasteiger partial charge in [-0.25, -0.2) is 9.97 Å². The summed E-state index contributed by atoms with van der Waals surface area (Å²) in [6.45, 7) is 0. The van der Waals surface area contributed by atoms with Gasteiger partial charge in [0.1, 0.15) is 11.6 Å². The highest BCUT2D eigenvalue weighted by Gasteiger charge is 2.08. The van der Waals surface area contributed by atoms with E-state index < -0.39 is 0 Å². The van der Waals surface area contributed by atoms with Crippen molar-refractivity contribution < 1.29 is 4.74 Å². The van der Waals surface area contributed by atoms with Gasteiger partial charge in [-0.05, 0) is 35.2 Å². The maximum absolute atomic E-state index is 5.27. The van der Waals surface area contributed by atoms with Gasteiger partial charge in [-0.1, -0.05) is 18.2 Å². The number of pyridine rings is 1. The van der Waals surface area contributed by atoms with Crippen molar-refractivity contribution in [1.29, 1.82) is 0 Å². The molecule has 4 rings (SSSR count). The second kappa shape index (κ2) is 5.85. The highest BCUT2D eigenvalue weighted by Crippen LogP contribution is 2.26. The summed E-state index contributed by atoms with van der Waals surface area (Å²) in [7, 11) is 1.68. The van der Waals surface area contributed by atoms with E-state index in [-0.39, 0.29) is 0 Å². The van der Waals surface area contributed by atoms with Gasteiger partial charge in [0, 0.05) is 23.1 Å². The number of hydrogen-bond donors (Lipinski definition) is 1. The fourth-order valence-corrected chi connectivity index (χ4v) is 3.30. The Balaban J connectivity index is 1.66. The molecule has 1 aromatic carbocycles. The second-order valence-electron chi connectivity index (χ2n) is 5.28. The standard InChI is InChI=1S/C18H15N3OS/c1-22-14-5-2-4-12(8-14)9-17-20-15-10-13(11-19-18(15)21-17)16-6-3-7-23-16/h2-8,10-11H,9H2,1H3,(H,19,20,21). The third kappa shape index (κ3) is 2.83. The number of aromatic amines is 1. The van der Waals surface area contributed by atoms with Gasteiger partial charge in [0.15, 0.2) is 5.65 Å². The predicted molar refractivity (Wildman–Crippen MR) is 93.0 cm³/mol. The number of fused-ring (bicyclic) bond motifs is 1. The summed E-state index contributed by atoms with van der Waals surface area (Å²) in [6, 6.07) is 14.3. The van der Waals surface area contributed by atoms with Crippen LogP contribution in [-0.4, -0.2) is 22.1 Å². The molecule has 5 heteroatoms. The molecule has 4 nitrogen and oxygen atoms in total. The third-order valence-electron chi connectivity index (χ3n) is 3.70. The van der Waals surface area contributed by atoms with E-state index in [4.69, 9.17) is 4.74 Å². The lowest BCUT2D eigenvalue weighted by Crippen LogP contribution is -1.91. The van der Waals surface area contributed by atoms with Gasteiger partial charge in [-0.3, -0.25) is 0 Å². The van der Waals surface area contributed by atoms with Gasteiger partial charge in [0.25, 0.3) is 0 Å². The van der Waals surface area contributed by atoms with E-state index in [9.17, 15) is 0 Å². The summed E-state index contributed by atoms with van der Waals surface area (Å²) in [5, 5.41) is 2.07. The molecule has 4 aromatic rings. The molecular weight excluding hydrogens is 306 g/mol. The summed E-state index contributed by atoms with van der Waals surface area (Å²) in [6.07, 6.45) is 2.60. The first-order chi connectivity index (χ1) is 11.3. The van der Waals surface area contributed by atoms with Crippen LogP contribution < -0.4 is 4.74 Å². The minimum Gasteiger partial charge on any atom is -0.497 e. The van der Waals surface area contributed by atoms with Gasteiger partial charge in [-0.15, -0.1) is 11.3 Å². The summed E-state index contributed by atoms with van der Waals surface area (Å²) in [5.74, 6) is 1.76. The van der Waals surface area contributed by atoms with Crippen LogP contribution in [0, 0.1) is 0 Å². The van der Waals surface area contributed by atoms with Crippen molar-refractivity contribution >= 4 is 22.5 Å². The molecule has 0 radical (unpaired) electrons. The Hall–Kier alpha value is -2.66. The molecule has 3 heterocycles. The Kier molecular flexibility index (Phi) is 3.55. The zero-order chi connectivity index (χ0) is 15.6. The number of nitrogens with one attached hydrogen (secondary N) is 1. The fourth-order valence-electron chi connectivity index (χ4n) is 2.59. The van der Waals surface area contributed by atoms with Gasteiger partial charge in [0.2, 0.25) is 0 Å². The maximum atomic E-state index is 5.27. The molecule has 0 amide bonds. The number of aromatic nitrogens is 3. The lowest BCUT2D eigenvalue weighted by Gasteiger charge is -2.02. The Morgan fingerprint density at radius 1 is 1.17 bits per heavy atom. The number of hydrogen-bond acceptors (Lipinski definition) is 4. The van der Waals surface area contributed by atoms with Crippen molar-refractivity contribution in [3.63, 3.8) is 0 Å². The molecule has 0 aliphatic rings. The summed E-state index contributed by atoms with van der Waals surface area (Å²) < 4.78 is 5.27. The van der Waals surface area contributed by atoms with Crippen molar-refractivity contribution in [2.24, 2.45) is 0 Å². The largest absolute Gasteiger partial charge is 0.497 e. The van der Waals surface area contributed by atoms with E-state index in [1.165, 1.54) is 4.88 Å².